The van der Waals surface area contributed by atoms with E-state index in [-0.39, 0.29) is 113 Å². The Morgan fingerprint density at radius 3 is 0.638 bits per heavy atom. The molecule has 10 saturated heterocycles. The first kappa shape index (κ1) is 59.8. The second kappa shape index (κ2) is 31.0. The molecule has 20 nitrogen and oxygen atoms in total. The van der Waals surface area contributed by atoms with Gasteiger partial charge in [0, 0.05) is 12.8 Å². The molecule has 0 aromatic heterocycles. The molecule has 20 heteroatoms. The van der Waals surface area contributed by atoms with Crippen molar-refractivity contribution in [1.29, 1.82) is 0 Å². The minimum atomic E-state index is -0.591. The maximum Gasteiger partial charge on any atom is 0.315 e. The van der Waals surface area contributed by atoms with Crippen molar-refractivity contribution in [3.8, 4) is 0 Å². The smallest absolute Gasteiger partial charge is 0.315 e. The summed E-state index contributed by atoms with van der Waals surface area (Å²) in [6.07, 6.45) is 8.67. The molecule has 10 aliphatic heterocycles. The highest BCUT2D eigenvalue weighted by Crippen LogP contribution is 2.39. The zero-order valence-electron chi connectivity index (χ0n) is 42.0. The zero-order valence-corrected chi connectivity index (χ0v) is 42.0. The Morgan fingerprint density at radius 1 is 0.319 bits per heavy atom. The summed E-state index contributed by atoms with van der Waals surface area (Å²) in [7, 11) is 0. The van der Waals surface area contributed by atoms with Crippen molar-refractivity contribution in [3.05, 3.63) is 0 Å². The van der Waals surface area contributed by atoms with Crippen molar-refractivity contribution in [3.63, 3.8) is 0 Å². The molecule has 0 aliphatic carbocycles. The van der Waals surface area contributed by atoms with Crippen LogP contribution in [-0.4, -0.2) is 125 Å². The number of esters is 10. The molecule has 0 radical (unpaired) electrons. The van der Waals surface area contributed by atoms with Gasteiger partial charge in [0.1, 0.15) is 11.5 Å². The molecule has 0 spiro atoms. The van der Waals surface area contributed by atoms with Crippen LogP contribution in [0, 0.1) is 52.8 Å². The zero-order chi connectivity index (χ0) is 51.7. The van der Waals surface area contributed by atoms with Crippen molar-refractivity contribution in [1.82, 2.24) is 0 Å². The molecule has 392 valence electrons. The Morgan fingerprint density at radius 2 is 0.536 bits per heavy atom. The van der Waals surface area contributed by atoms with Gasteiger partial charge in [-0.1, -0.05) is 55.4 Å². The second-order valence-corrected chi connectivity index (χ2v) is 18.7. The number of carbonyl (C=O) groups is 10. The average molecular weight is 985 g/mol. The lowest BCUT2D eigenvalue weighted by Crippen LogP contribution is -2.36. The van der Waals surface area contributed by atoms with Gasteiger partial charge < -0.3 is 47.4 Å². The highest BCUT2D eigenvalue weighted by Gasteiger charge is 2.50. The van der Waals surface area contributed by atoms with Crippen LogP contribution in [0.1, 0.15) is 133 Å². The second-order valence-electron chi connectivity index (χ2n) is 18.7. The lowest BCUT2D eigenvalue weighted by Gasteiger charge is -2.24. The van der Waals surface area contributed by atoms with Gasteiger partial charge in [-0.05, 0) is 64.7 Å². The van der Waals surface area contributed by atoms with Crippen molar-refractivity contribution < 1.29 is 95.3 Å². The molecular formula is C49H76O20. The Hall–Kier alpha value is -5.30. The van der Waals surface area contributed by atoms with E-state index in [0.29, 0.717) is 78.7 Å². The third-order valence-electron chi connectivity index (χ3n) is 12.5. The number of hydrogen-bond acceptors (Lipinski definition) is 20. The van der Waals surface area contributed by atoms with E-state index >= 15 is 0 Å². The Kier molecular flexibility index (Phi) is 26.9. The number of cyclic esters (lactones) is 10. The highest BCUT2D eigenvalue weighted by atomic mass is 16.6. The molecule has 0 bridgehead atoms. The first-order valence-electron chi connectivity index (χ1n) is 24.3. The van der Waals surface area contributed by atoms with Crippen LogP contribution in [0.25, 0.3) is 0 Å². The van der Waals surface area contributed by atoms with Crippen LogP contribution in [0.2, 0.25) is 0 Å². The number of carbonyl (C=O) groups excluding carboxylic acids is 10. The van der Waals surface area contributed by atoms with Gasteiger partial charge in [-0.25, -0.2) is 0 Å². The predicted molar refractivity (Wildman–Crippen MR) is 241 cm³/mol. The van der Waals surface area contributed by atoms with Gasteiger partial charge in [0.25, 0.3) is 0 Å². The van der Waals surface area contributed by atoms with Crippen molar-refractivity contribution in [2.45, 2.75) is 139 Å². The summed E-state index contributed by atoms with van der Waals surface area (Å²) in [6.45, 7) is 22.3. The lowest BCUT2D eigenvalue weighted by atomic mass is 9.81. The van der Waals surface area contributed by atoms with E-state index in [1.165, 1.54) is 0 Å². The molecule has 10 rings (SSSR count). The molecule has 0 amide bonds. The van der Waals surface area contributed by atoms with Gasteiger partial charge >= 0.3 is 59.7 Å². The first-order chi connectivity index (χ1) is 32.6. The highest BCUT2D eigenvalue weighted by molar-refractivity contribution is 5.81. The van der Waals surface area contributed by atoms with Crippen LogP contribution in [0.3, 0.4) is 0 Å². The van der Waals surface area contributed by atoms with Crippen LogP contribution in [-0.2, 0) is 95.3 Å². The molecule has 69 heavy (non-hydrogen) atoms. The van der Waals surface area contributed by atoms with Crippen LogP contribution >= 0.6 is 0 Å². The number of rotatable bonds is 1. The number of ether oxygens (including phenoxy) is 10. The Labute approximate surface area is 405 Å². The summed E-state index contributed by atoms with van der Waals surface area (Å²) >= 11 is 0. The van der Waals surface area contributed by atoms with Crippen molar-refractivity contribution in [2.75, 3.05) is 59.5 Å². The Balaban J connectivity index is 0.000000269. The van der Waals surface area contributed by atoms with Crippen LogP contribution in [0.15, 0.2) is 0 Å². The number of hydrogen-bond donors (Lipinski definition) is 0. The summed E-state index contributed by atoms with van der Waals surface area (Å²) in [5.74, 6) is 0.457. The molecular weight excluding hydrogens is 909 g/mol. The summed E-state index contributed by atoms with van der Waals surface area (Å²) in [5, 5.41) is 0. The molecule has 0 N–H and O–H groups in total. The van der Waals surface area contributed by atoms with Gasteiger partial charge in [-0.2, -0.15) is 0 Å². The first-order valence-corrected chi connectivity index (χ1v) is 24.3. The van der Waals surface area contributed by atoms with Crippen LogP contribution in [0.5, 0.6) is 0 Å². The summed E-state index contributed by atoms with van der Waals surface area (Å²) in [5.41, 5.74) is -0.591. The van der Waals surface area contributed by atoms with E-state index in [1.807, 2.05) is 62.3 Å². The molecule has 10 fully saturated rings. The van der Waals surface area contributed by atoms with Gasteiger partial charge in [-0.3, -0.25) is 47.9 Å². The molecule has 10 aliphatic rings. The minimum absolute atomic E-state index is 0.0417. The van der Waals surface area contributed by atoms with Crippen molar-refractivity contribution >= 4 is 59.7 Å². The fourth-order valence-corrected chi connectivity index (χ4v) is 6.66. The van der Waals surface area contributed by atoms with Gasteiger partial charge in [-0.15, -0.1) is 0 Å². The summed E-state index contributed by atoms with van der Waals surface area (Å²) in [6, 6.07) is 0. The lowest BCUT2D eigenvalue weighted by molar-refractivity contribution is -0.157. The van der Waals surface area contributed by atoms with Gasteiger partial charge in [0.15, 0.2) is 0 Å². The molecule has 0 aromatic rings. The van der Waals surface area contributed by atoms with Gasteiger partial charge in [0.05, 0.1) is 107 Å². The van der Waals surface area contributed by atoms with E-state index in [2.05, 4.69) is 37.9 Å². The summed E-state index contributed by atoms with van der Waals surface area (Å²) in [4.78, 5) is 105. The standard InChI is InChI=1S/C9H12O4.8C5H8O2/c1-9(4-5-12-8(9)11)6-2-3-7(10)13-6;8*1-4-2-3-7-5(4)6/h6H,2-5H2,1H3;8*4H,2-3H2,1H3. The molecule has 0 aromatic carbocycles. The molecule has 10 atom stereocenters. The van der Waals surface area contributed by atoms with Gasteiger partial charge in [0.2, 0.25) is 0 Å². The van der Waals surface area contributed by atoms with E-state index in [1.54, 1.807) is 0 Å². The van der Waals surface area contributed by atoms with E-state index in [0.717, 1.165) is 51.4 Å². The van der Waals surface area contributed by atoms with E-state index < -0.39 is 5.41 Å². The van der Waals surface area contributed by atoms with Crippen LogP contribution < -0.4 is 0 Å². The molecule has 0 saturated carbocycles. The third kappa shape index (κ3) is 21.9. The van der Waals surface area contributed by atoms with E-state index in [9.17, 15) is 47.9 Å². The molecule has 10 unspecified atom stereocenters. The SMILES string of the molecule is CC1(C2CCC(=O)O2)CCOC1=O.CC1CCOC1=O.CC1CCOC1=O.CC1CCOC1=O.CC1CCOC1=O.CC1CCOC1=O.CC1CCOC1=O.CC1CCOC1=O.CC1CCOC1=O. The third-order valence-corrected chi connectivity index (χ3v) is 12.5. The minimum Gasteiger partial charge on any atom is -0.465 e. The Bertz CT molecular complexity index is 1440. The normalized spacial score (nSPS) is 32.0. The monoisotopic (exact) mass is 984 g/mol. The average Bonchev–Trinajstić information content (AvgIpc) is 4.20. The van der Waals surface area contributed by atoms with E-state index in [4.69, 9.17) is 9.47 Å². The summed E-state index contributed by atoms with van der Waals surface area (Å²) < 4.78 is 47.0. The fraction of sp³-hybridized carbons (Fsp3) is 0.796. The predicted octanol–water partition coefficient (Wildman–Crippen LogP) is 5.20. The van der Waals surface area contributed by atoms with Crippen molar-refractivity contribution in [2.24, 2.45) is 52.8 Å². The largest absolute Gasteiger partial charge is 0.465 e. The fourth-order valence-electron chi connectivity index (χ4n) is 6.66. The molecule has 10 heterocycles. The topological polar surface area (TPSA) is 263 Å². The quantitative estimate of drug-likeness (QED) is 0.241. The maximum absolute atomic E-state index is 11.4. The maximum atomic E-state index is 11.4. The van der Waals surface area contributed by atoms with Crippen LogP contribution in [0.4, 0.5) is 0 Å².